The Morgan fingerprint density at radius 1 is 1.20 bits per heavy atom. The first-order chi connectivity index (χ1) is 4.34. The van der Waals surface area contributed by atoms with Gasteiger partial charge in [-0.3, -0.25) is 0 Å². The maximum Gasteiger partial charge on any atom is 0.196 e. The Kier molecular flexibility index (Phi) is 3.33. The number of ether oxygens (including phenoxy) is 1. The van der Waals surface area contributed by atoms with E-state index in [9.17, 15) is 5.11 Å². The van der Waals surface area contributed by atoms with E-state index in [1.807, 2.05) is 34.6 Å². The Morgan fingerprint density at radius 2 is 1.60 bits per heavy atom. The van der Waals surface area contributed by atoms with Gasteiger partial charge in [-0.05, 0) is 13.8 Å². The second-order valence-corrected chi connectivity index (χ2v) is 3.88. The van der Waals surface area contributed by atoms with E-state index in [0.717, 1.165) is 0 Å². The van der Waals surface area contributed by atoms with Crippen LogP contribution in [0.2, 0.25) is 0 Å². The summed E-state index contributed by atoms with van der Waals surface area (Å²) in [5.41, 5.74) is -0.287. The van der Waals surface area contributed by atoms with Crippen LogP contribution in [0.25, 0.3) is 0 Å². The lowest BCUT2D eigenvalue weighted by Gasteiger charge is -2.25. The lowest BCUT2D eigenvalue weighted by Crippen LogP contribution is -2.29. The highest BCUT2D eigenvalue weighted by atomic mass is 16.6. The first-order valence-electron chi connectivity index (χ1n) is 3.65. The number of hydrogen-bond acceptors (Lipinski definition) is 1. The first-order valence-corrected chi connectivity index (χ1v) is 3.65. The fraction of sp³-hybridized carbons (Fsp3) is 1.00. The van der Waals surface area contributed by atoms with Gasteiger partial charge in [0.1, 0.15) is 0 Å². The van der Waals surface area contributed by atoms with Crippen LogP contribution in [-0.4, -0.2) is 12.4 Å². The van der Waals surface area contributed by atoms with E-state index in [0.29, 0.717) is 0 Å². The van der Waals surface area contributed by atoms with Gasteiger partial charge in [0.25, 0.3) is 0 Å². The predicted octanol–water partition coefficient (Wildman–Crippen LogP) is 2.21. The van der Waals surface area contributed by atoms with Crippen molar-refractivity contribution in [3.8, 4) is 0 Å². The van der Waals surface area contributed by atoms with Crippen molar-refractivity contribution in [1.82, 2.24) is 0 Å². The van der Waals surface area contributed by atoms with Gasteiger partial charge in [-0.1, -0.05) is 20.8 Å². The summed E-state index contributed by atoms with van der Waals surface area (Å²) in [5, 5.41) is 11.1. The summed E-state index contributed by atoms with van der Waals surface area (Å²) >= 11 is 0. The van der Waals surface area contributed by atoms with Crippen molar-refractivity contribution < 1.29 is 9.84 Å². The molecule has 0 aliphatic rings. The van der Waals surface area contributed by atoms with E-state index in [2.05, 4.69) is 0 Å². The zero-order valence-corrected chi connectivity index (χ0v) is 7.47. The molecule has 1 atom stereocenters. The Balaban J connectivity index is 3.73. The van der Waals surface area contributed by atoms with Crippen LogP contribution in [0.4, 0.5) is 0 Å². The predicted molar refractivity (Wildman–Crippen MR) is 40.2 cm³/mol. The van der Waals surface area contributed by atoms with Crippen LogP contribution >= 0.6 is 0 Å². The normalized spacial score (nSPS) is 15.9. The summed E-state index contributed by atoms with van der Waals surface area (Å²) in [6, 6.07) is 0. The molecule has 61 valence electrons. The molecule has 2 heteroatoms. The van der Waals surface area contributed by atoms with Crippen molar-refractivity contribution >= 4 is 0 Å². The molecule has 0 amide bonds. The van der Waals surface area contributed by atoms with Crippen molar-refractivity contribution in [2.45, 2.75) is 47.0 Å². The lowest BCUT2D eigenvalue weighted by molar-refractivity contribution is -0.212. The van der Waals surface area contributed by atoms with E-state index >= 15 is 0 Å². The molecule has 0 aliphatic heterocycles. The van der Waals surface area contributed by atoms with E-state index in [-0.39, 0.29) is 11.5 Å². The highest BCUT2D eigenvalue weighted by Gasteiger charge is 2.25. The molecular weight excluding hydrogens is 128 g/mol. The van der Waals surface area contributed by atoms with E-state index in [1.54, 1.807) is 0 Å². The molecule has 0 aromatic carbocycles. The molecule has 0 rings (SSSR count). The largest absolute Gasteiger partial charge is 0.346 e. The van der Waals surface area contributed by atoms with E-state index < -0.39 is 6.29 Å². The van der Waals surface area contributed by atoms with Gasteiger partial charge in [0.15, 0.2) is 6.29 Å². The van der Waals surface area contributed by atoms with Crippen LogP contribution < -0.4 is 0 Å². The average molecular weight is 145 g/mol. The summed E-state index contributed by atoms with van der Waals surface area (Å²) in [6.45, 7) is 9.39. The third-order valence-electron chi connectivity index (χ3n) is 1.10. The molecule has 0 bridgehead atoms. The van der Waals surface area contributed by atoms with Gasteiger partial charge in [-0.2, -0.15) is 0 Å². The molecule has 0 fully saturated rings. The van der Waals surface area contributed by atoms with Gasteiger partial charge in [-0.15, -0.1) is 0 Å². The molecule has 0 saturated heterocycles. The SMILES string of the molecule is CC(C)OC([O])C(C)(C)C. The monoisotopic (exact) mass is 145 g/mol. The smallest absolute Gasteiger partial charge is 0.196 e. The summed E-state index contributed by atoms with van der Waals surface area (Å²) in [6.07, 6.45) is -0.880. The van der Waals surface area contributed by atoms with Crippen LogP contribution in [0.1, 0.15) is 34.6 Å². The van der Waals surface area contributed by atoms with Gasteiger partial charge < -0.3 is 4.74 Å². The molecule has 0 aliphatic carbocycles. The lowest BCUT2D eigenvalue weighted by atomic mass is 9.96. The first kappa shape index (κ1) is 9.92. The van der Waals surface area contributed by atoms with Gasteiger partial charge in [0, 0.05) is 5.41 Å². The topological polar surface area (TPSA) is 29.1 Å². The molecule has 0 N–H and O–H groups in total. The van der Waals surface area contributed by atoms with Crippen LogP contribution in [0.3, 0.4) is 0 Å². The van der Waals surface area contributed by atoms with Crippen LogP contribution in [0.5, 0.6) is 0 Å². The zero-order chi connectivity index (χ0) is 8.36. The number of hydrogen-bond donors (Lipinski definition) is 0. The second kappa shape index (κ2) is 3.35. The zero-order valence-electron chi connectivity index (χ0n) is 7.47. The second-order valence-electron chi connectivity index (χ2n) is 3.88. The molecule has 0 saturated carbocycles. The van der Waals surface area contributed by atoms with E-state index in [4.69, 9.17) is 4.74 Å². The Morgan fingerprint density at radius 3 is 1.70 bits per heavy atom. The van der Waals surface area contributed by atoms with E-state index in [1.165, 1.54) is 0 Å². The fourth-order valence-electron chi connectivity index (χ4n) is 0.451. The highest BCUT2D eigenvalue weighted by Crippen LogP contribution is 2.21. The summed E-state index contributed by atoms with van der Waals surface area (Å²) in [5.74, 6) is 0. The minimum absolute atomic E-state index is 0.0294. The quantitative estimate of drug-likeness (QED) is 0.548. The molecular formula is C8H17O2. The molecule has 0 aromatic rings. The molecule has 0 spiro atoms. The Hall–Kier alpha value is -0.0800. The highest BCUT2D eigenvalue weighted by molar-refractivity contribution is 4.64. The summed E-state index contributed by atoms with van der Waals surface area (Å²) in [4.78, 5) is 0. The minimum atomic E-state index is -0.910. The maximum absolute atomic E-state index is 11.1. The molecule has 0 heterocycles. The third kappa shape index (κ3) is 3.85. The molecule has 1 unspecified atom stereocenters. The molecule has 1 radical (unpaired) electrons. The van der Waals surface area contributed by atoms with Gasteiger partial charge in [-0.25, -0.2) is 5.11 Å². The fourth-order valence-corrected chi connectivity index (χ4v) is 0.451. The van der Waals surface area contributed by atoms with Gasteiger partial charge in [0.2, 0.25) is 0 Å². The standard InChI is InChI=1S/C8H17O2/c1-6(2)10-7(9)8(3,4)5/h6-7H,1-5H3. The maximum atomic E-state index is 11.1. The van der Waals surface area contributed by atoms with Crippen molar-refractivity contribution in [2.75, 3.05) is 0 Å². The van der Waals surface area contributed by atoms with Crippen LogP contribution in [0.15, 0.2) is 0 Å². The molecule has 2 nitrogen and oxygen atoms in total. The average Bonchev–Trinajstić information content (AvgIpc) is 1.60. The van der Waals surface area contributed by atoms with Gasteiger partial charge >= 0.3 is 0 Å². The molecule has 0 aromatic heterocycles. The number of rotatable bonds is 2. The van der Waals surface area contributed by atoms with Gasteiger partial charge in [0.05, 0.1) is 6.10 Å². The van der Waals surface area contributed by atoms with Crippen molar-refractivity contribution in [2.24, 2.45) is 5.41 Å². The minimum Gasteiger partial charge on any atom is -0.346 e. The Labute approximate surface area is 63.2 Å². The summed E-state index contributed by atoms with van der Waals surface area (Å²) < 4.78 is 5.06. The van der Waals surface area contributed by atoms with Crippen molar-refractivity contribution in [3.63, 3.8) is 0 Å². The third-order valence-corrected chi connectivity index (χ3v) is 1.10. The Bertz CT molecular complexity index is 91.9. The van der Waals surface area contributed by atoms with Crippen molar-refractivity contribution in [3.05, 3.63) is 0 Å². The molecule has 10 heavy (non-hydrogen) atoms. The van der Waals surface area contributed by atoms with Crippen LogP contribution in [-0.2, 0) is 9.84 Å². The van der Waals surface area contributed by atoms with Crippen molar-refractivity contribution in [1.29, 1.82) is 0 Å². The van der Waals surface area contributed by atoms with Crippen LogP contribution in [0, 0.1) is 5.41 Å². The summed E-state index contributed by atoms with van der Waals surface area (Å²) in [7, 11) is 0.